The Hall–Kier alpha value is -2.69. The van der Waals surface area contributed by atoms with Gasteiger partial charge in [-0.15, -0.1) is 0 Å². The molecule has 2 aromatic carbocycles. The normalized spacial score (nSPS) is 12.3. The molecule has 3 rings (SSSR count). The number of carbonyl (C=O) groups is 1. The summed E-state index contributed by atoms with van der Waals surface area (Å²) in [4.78, 5) is 12.4. The van der Waals surface area contributed by atoms with E-state index in [1.807, 2.05) is 0 Å². The van der Waals surface area contributed by atoms with Crippen molar-refractivity contribution in [2.75, 3.05) is 0 Å². The molecule has 0 radical (unpaired) electrons. The lowest BCUT2D eigenvalue weighted by molar-refractivity contribution is 0.0913. The number of fused-ring (bicyclic) bond motifs is 1. The van der Waals surface area contributed by atoms with Gasteiger partial charge >= 0.3 is 0 Å². The minimum atomic E-state index is -0.503. The number of nitrogens with one attached hydrogen (secondary N) is 1. The van der Waals surface area contributed by atoms with Crippen LogP contribution in [0.2, 0.25) is 0 Å². The second-order valence-electron chi connectivity index (χ2n) is 5.42. The first-order chi connectivity index (χ1) is 11.0. The summed E-state index contributed by atoms with van der Waals surface area (Å²) in [5, 5.41) is 3.35. The molecule has 0 fully saturated rings. The summed E-state index contributed by atoms with van der Waals surface area (Å²) >= 11 is 0. The molecule has 0 aliphatic heterocycles. The van der Waals surface area contributed by atoms with Crippen molar-refractivity contribution in [1.82, 2.24) is 5.32 Å². The van der Waals surface area contributed by atoms with Crippen molar-refractivity contribution in [2.24, 2.45) is 0 Å². The van der Waals surface area contributed by atoms with Gasteiger partial charge in [0, 0.05) is 10.9 Å². The van der Waals surface area contributed by atoms with Crippen molar-refractivity contribution in [1.29, 1.82) is 0 Å². The summed E-state index contributed by atoms with van der Waals surface area (Å²) in [6.07, 6.45) is 0. The van der Waals surface area contributed by atoms with E-state index in [2.05, 4.69) is 5.32 Å². The van der Waals surface area contributed by atoms with E-state index in [4.69, 9.17) is 4.42 Å². The molecule has 0 spiro atoms. The smallest absolute Gasteiger partial charge is 0.287 e. The van der Waals surface area contributed by atoms with Crippen molar-refractivity contribution in [2.45, 2.75) is 19.9 Å². The number of aryl methyl sites for hydroxylation is 1. The Labute approximate surface area is 131 Å². The summed E-state index contributed by atoms with van der Waals surface area (Å²) in [6, 6.07) is 10.1. The van der Waals surface area contributed by atoms with E-state index >= 15 is 0 Å². The number of hydrogen-bond acceptors (Lipinski definition) is 2. The molecule has 118 valence electrons. The van der Waals surface area contributed by atoms with E-state index in [9.17, 15) is 13.6 Å². The second kappa shape index (κ2) is 5.83. The Morgan fingerprint density at radius 1 is 1.13 bits per heavy atom. The summed E-state index contributed by atoms with van der Waals surface area (Å²) in [6.45, 7) is 3.49. The highest BCUT2D eigenvalue weighted by Gasteiger charge is 2.21. The van der Waals surface area contributed by atoms with Crippen LogP contribution in [0.25, 0.3) is 11.0 Å². The SMILES string of the molecule is Cc1c(C(=O)NC(C)c2ccc(F)cc2)oc2c(F)cccc12. The maximum absolute atomic E-state index is 13.7. The zero-order valence-corrected chi connectivity index (χ0v) is 12.7. The average molecular weight is 315 g/mol. The van der Waals surface area contributed by atoms with E-state index in [0.29, 0.717) is 10.9 Å². The van der Waals surface area contributed by atoms with Crippen LogP contribution in [-0.4, -0.2) is 5.91 Å². The van der Waals surface area contributed by atoms with Gasteiger partial charge in [0.2, 0.25) is 0 Å². The highest BCUT2D eigenvalue weighted by Crippen LogP contribution is 2.27. The maximum Gasteiger partial charge on any atom is 0.287 e. The lowest BCUT2D eigenvalue weighted by atomic mass is 10.1. The molecule has 1 N–H and O–H groups in total. The van der Waals surface area contributed by atoms with Gasteiger partial charge in [-0.3, -0.25) is 4.79 Å². The van der Waals surface area contributed by atoms with Gasteiger partial charge in [-0.2, -0.15) is 0 Å². The Morgan fingerprint density at radius 2 is 1.83 bits per heavy atom. The number of halogens is 2. The largest absolute Gasteiger partial charge is 0.448 e. The lowest BCUT2D eigenvalue weighted by Gasteiger charge is -2.13. The molecule has 5 heteroatoms. The third kappa shape index (κ3) is 2.82. The number of hydrogen-bond donors (Lipinski definition) is 1. The van der Waals surface area contributed by atoms with Crippen LogP contribution < -0.4 is 5.32 Å². The Kier molecular flexibility index (Phi) is 3.86. The van der Waals surface area contributed by atoms with E-state index in [0.717, 1.165) is 5.56 Å². The van der Waals surface area contributed by atoms with Gasteiger partial charge in [-0.1, -0.05) is 24.3 Å². The molecule has 0 aliphatic rings. The third-order valence-corrected chi connectivity index (χ3v) is 3.84. The van der Waals surface area contributed by atoms with Crippen LogP contribution in [0.5, 0.6) is 0 Å². The minimum absolute atomic E-state index is 0.0737. The topological polar surface area (TPSA) is 42.2 Å². The van der Waals surface area contributed by atoms with Gasteiger partial charge in [-0.05, 0) is 37.6 Å². The van der Waals surface area contributed by atoms with Crippen molar-refractivity contribution >= 4 is 16.9 Å². The van der Waals surface area contributed by atoms with E-state index < -0.39 is 11.7 Å². The van der Waals surface area contributed by atoms with E-state index in [1.54, 1.807) is 38.1 Å². The van der Waals surface area contributed by atoms with Crippen LogP contribution in [0.4, 0.5) is 8.78 Å². The summed E-state index contributed by atoms with van der Waals surface area (Å²) in [5.41, 5.74) is 1.42. The number of benzene rings is 2. The zero-order chi connectivity index (χ0) is 16.6. The van der Waals surface area contributed by atoms with Gasteiger partial charge in [0.15, 0.2) is 17.2 Å². The molecular weight excluding hydrogens is 300 g/mol. The van der Waals surface area contributed by atoms with Gasteiger partial charge in [0.1, 0.15) is 5.82 Å². The molecule has 0 saturated heterocycles. The van der Waals surface area contributed by atoms with Crippen LogP contribution in [0, 0.1) is 18.6 Å². The van der Waals surface area contributed by atoms with Crippen LogP contribution in [-0.2, 0) is 0 Å². The third-order valence-electron chi connectivity index (χ3n) is 3.84. The van der Waals surface area contributed by atoms with Gasteiger partial charge in [0.05, 0.1) is 6.04 Å². The van der Waals surface area contributed by atoms with Crippen LogP contribution in [0.3, 0.4) is 0 Å². The second-order valence-corrected chi connectivity index (χ2v) is 5.42. The molecule has 0 saturated carbocycles. The first-order valence-corrected chi connectivity index (χ1v) is 7.21. The summed E-state index contributed by atoms with van der Waals surface area (Å²) in [7, 11) is 0. The standard InChI is InChI=1S/C18H15F2NO2/c1-10-14-4-3-5-15(20)17(14)23-16(10)18(22)21-11(2)12-6-8-13(19)9-7-12/h3-9,11H,1-2H3,(H,21,22). The predicted molar refractivity (Wildman–Crippen MR) is 83.2 cm³/mol. The van der Waals surface area contributed by atoms with Crippen molar-refractivity contribution in [3.63, 3.8) is 0 Å². The molecule has 1 amide bonds. The van der Waals surface area contributed by atoms with Crippen LogP contribution in [0.15, 0.2) is 46.9 Å². The first-order valence-electron chi connectivity index (χ1n) is 7.21. The molecule has 0 aliphatic carbocycles. The van der Waals surface area contributed by atoms with E-state index in [-0.39, 0.29) is 23.2 Å². The Morgan fingerprint density at radius 3 is 2.48 bits per heavy atom. The van der Waals surface area contributed by atoms with E-state index in [1.165, 1.54) is 18.2 Å². The molecule has 1 heterocycles. The highest BCUT2D eigenvalue weighted by molar-refractivity contribution is 5.99. The molecule has 1 unspecified atom stereocenters. The monoisotopic (exact) mass is 315 g/mol. The highest BCUT2D eigenvalue weighted by atomic mass is 19.1. The number of furan rings is 1. The fourth-order valence-corrected chi connectivity index (χ4v) is 2.52. The molecule has 23 heavy (non-hydrogen) atoms. The molecule has 3 aromatic rings. The molecular formula is C18H15F2NO2. The van der Waals surface area contributed by atoms with Gasteiger partial charge < -0.3 is 9.73 Å². The van der Waals surface area contributed by atoms with Crippen molar-refractivity contribution in [3.05, 3.63) is 71.0 Å². The lowest BCUT2D eigenvalue weighted by Crippen LogP contribution is -2.26. The van der Waals surface area contributed by atoms with Crippen LogP contribution in [0.1, 0.15) is 34.6 Å². The number of amides is 1. The zero-order valence-electron chi connectivity index (χ0n) is 12.7. The first kappa shape index (κ1) is 15.2. The Balaban J connectivity index is 1.87. The maximum atomic E-state index is 13.7. The number of carbonyl (C=O) groups excluding carboxylic acids is 1. The summed E-state index contributed by atoms with van der Waals surface area (Å²) in [5.74, 6) is -1.19. The summed E-state index contributed by atoms with van der Waals surface area (Å²) < 4.78 is 32.1. The minimum Gasteiger partial charge on any atom is -0.448 e. The number of rotatable bonds is 3. The van der Waals surface area contributed by atoms with Gasteiger partial charge in [0.25, 0.3) is 5.91 Å². The quantitative estimate of drug-likeness (QED) is 0.772. The molecule has 1 aromatic heterocycles. The average Bonchev–Trinajstić information content (AvgIpc) is 2.87. The van der Waals surface area contributed by atoms with Crippen LogP contribution >= 0.6 is 0 Å². The fraction of sp³-hybridized carbons (Fsp3) is 0.167. The number of para-hydroxylation sites is 1. The van der Waals surface area contributed by atoms with Crippen molar-refractivity contribution < 1.29 is 18.0 Å². The molecule has 3 nitrogen and oxygen atoms in total. The fourth-order valence-electron chi connectivity index (χ4n) is 2.52. The van der Waals surface area contributed by atoms with Gasteiger partial charge in [-0.25, -0.2) is 8.78 Å². The molecule has 1 atom stereocenters. The molecule has 0 bridgehead atoms. The van der Waals surface area contributed by atoms with Crippen molar-refractivity contribution in [3.8, 4) is 0 Å². The Bertz CT molecular complexity index is 869. The predicted octanol–water partition coefficient (Wildman–Crippen LogP) is 4.51.